The number of carboxylic acid groups (broad SMARTS) is 1. The molecule has 1 aromatic heterocycles. The van der Waals surface area contributed by atoms with Crippen LogP contribution in [0.1, 0.15) is 48.2 Å². The Bertz CT molecular complexity index is 488. The SMILES string of the molecule is CCOC(CCNC(=O)c1cccc(C(=O)O)n1)C(C)C. The number of nitrogens with zero attached hydrogens (tertiary/aromatic N) is 1. The molecule has 0 fully saturated rings. The Morgan fingerprint density at radius 2 is 2.00 bits per heavy atom. The molecule has 0 aliphatic heterocycles. The zero-order chi connectivity index (χ0) is 15.8. The topological polar surface area (TPSA) is 88.5 Å². The molecule has 1 unspecified atom stereocenters. The van der Waals surface area contributed by atoms with E-state index in [0.717, 1.165) is 0 Å². The highest BCUT2D eigenvalue weighted by atomic mass is 16.5. The molecule has 0 aromatic carbocycles. The molecule has 1 aromatic rings. The van der Waals surface area contributed by atoms with Crippen molar-refractivity contribution >= 4 is 11.9 Å². The minimum atomic E-state index is -1.15. The van der Waals surface area contributed by atoms with Gasteiger partial charge in [0.25, 0.3) is 5.91 Å². The fraction of sp³-hybridized carbons (Fsp3) is 0.533. The molecular formula is C15H22N2O4. The van der Waals surface area contributed by atoms with E-state index in [1.165, 1.54) is 18.2 Å². The summed E-state index contributed by atoms with van der Waals surface area (Å²) in [7, 11) is 0. The lowest BCUT2D eigenvalue weighted by atomic mass is 10.0. The molecule has 1 atom stereocenters. The lowest BCUT2D eigenvalue weighted by Gasteiger charge is -2.20. The number of rotatable bonds is 8. The molecular weight excluding hydrogens is 272 g/mol. The van der Waals surface area contributed by atoms with E-state index >= 15 is 0 Å². The monoisotopic (exact) mass is 294 g/mol. The van der Waals surface area contributed by atoms with E-state index in [9.17, 15) is 9.59 Å². The van der Waals surface area contributed by atoms with Crippen LogP contribution >= 0.6 is 0 Å². The number of hydrogen-bond acceptors (Lipinski definition) is 4. The fourth-order valence-electron chi connectivity index (χ4n) is 1.92. The first-order chi connectivity index (χ1) is 9.95. The van der Waals surface area contributed by atoms with E-state index in [4.69, 9.17) is 9.84 Å². The fourth-order valence-corrected chi connectivity index (χ4v) is 1.92. The van der Waals surface area contributed by atoms with E-state index in [1.807, 2.05) is 6.92 Å². The van der Waals surface area contributed by atoms with Gasteiger partial charge in [-0.25, -0.2) is 9.78 Å². The highest BCUT2D eigenvalue weighted by Gasteiger charge is 2.15. The number of carbonyl (C=O) groups excluding carboxylic acids is 1. The van der Waals surface area contributed by atoms with Crippen LogP contribution in [-0.4, -0.2) is 41.2 Å². The normalized spacial score (nSPS) is 12.2. The van der Waals surface area contributed by atoms with Crippen molar-refractivity contribution in [2.45, 2.75) is 33.3 Å². The maximum atomic E-state index is 11.9. The Morgan fingerprint density at radius 3 is 2.57 bits per heavy atom. The standard InChI is InChI=1S/C15H22N2O4/c1-4-21-13(10(2)3)8-9-16-14(18)11-6-5-7-12(17-11)15(19)20/h5-7,10,13H,4,8-9H2,1-3H3,(H,16,18)(H,19,20). The molecule has 1 rings (SSSR count). The van der Waals surface area contributed by atoms with E-state index in [2.05, 4.69) is 24.1 Å². The third-order valence-electron chi connectivity index (χ3n) is 3.04. The number of carbonyl (C=O) groups is 2. The highest BCUT2D eigenvalue weighted by molar-refractivity contribution is 5.94. The Morgan fingerprint density at radius 1 is 1.33 bits per heavy atom. The maximum Gasteiger partial charge on any atom is 0.354 e. The predicted octanol–water partition coefficient (Wildman–Crippen LogP) is 1.96. The van der Waals surface area contributed by atoms with Gasteiger partial charge >= 0.3 is 5.97 Å². The summed E-state index contributed by atoms with van der Waals surface area (Å²) < 4.78 is 5.60. The van der Waals surface area contributed by atoms with Gasteiger partial charge in [0, 0.05) is 13.2 Å². The third-order valence-corrected chi connectivity index (χ3v) is 3.04. The van der Waals surface area contributed by atoms with Gasteiger partial charge in [-0.05, 0) is 31.4 Å². The number of pyridine rings is 1. The largest absolute Gasteiger partial charge is 0.477 e. The van der Waals surface area contributed by atoms with Gasteiger partial charge < -0.3 is 15.2 Å². The quantitative estimate of drug-likeness (QED) is 0.765. The van der Waals surface area contributed by atoms with Crippen LogP contribution in [-0.2, 0) is 4.74 Å². The van der Waals surface area contributed by atoms with Gasteiger partial charge in [0.2, 0.25) is 0 Å². The molecule has 0 saturated heterocycles. The number of carboxylic acids is 1. The minimum Gasteiger partial charge on any atom is -0.477 e. The average Bonchev–Trinajstić information content (AvgIpc) is 2.46. The summed E-state index contributed by atoms with van der Waals surface area (Å²) in [6, 6.07) is 4.34. The molecule has 1 heterocycles. The van der Waals surface area contributed by atoms with Crippen molar-refractivity contribution in [3.8, 4) is 0 Å². The average molecular weight is 294 g/mol. The van der Waals surface area contributed by atoms with Crippen LogP contribution < -0.4 is 5.32 Å². The lowest BCUT2D eigenvalue weighted by Crippen LogP contribution is -2.30. The van der Waals surface area contributed by atoms with Crippen LogP contribution in [0.2, 0.25) is 0 Å². The number of aromatic nitrogens is 1. The number of hydrogen-bond donors (Lipinski definition) is 2. The number of ether oxygens (including phenoxy) is 1. The van der Waals surface area contributed by atoms with Gasteiger partial charge in [0.05, 0.1) is 6.10 Å². The molecule has 0 aliphatic carbocycles. The second-order valence-corrected chi connectivity index (χ2v) is 5.00. The summed E-state index contributed by atoms with van der Waals surface area (Å²) in [4.78, 5) is 26.5. The van der Waals surface area contributed by atoms with Gasteiger partial charge in [0.15, 0.2) is 0 Å². The first kappa shape index (κ1) is 17.1. The molecule has 0 spiro atoms. The van der Waals surface area contributed by atoms with Crippen molar-refractivity contribution in [1.29, 1.82) is 0 Å². The molecule has 21 heavy (non-hydrogen) atoms. The van der Waals surface area contributed by atoms with Crippen molar-refractivity contribution in [3.63, 3.8) is 0 Å². The van der Waals surface area contributed by atoms with Crippen LogP contribution in [0.3, 0.4) is 0 Å². The first-order valence-corrected chi connectivity index (χ1v) is 7.05. The number of aromatic carboxylic acids is 1. The Balaban J connectivity index is 2.54. The molecule has 0 bridgehead atoms. The molecule has 6 heteroatoms. The van der Waals surface area contributed by atoms with E-state index in [0.29, 0.717) is 25.5 Å². The Hall–Kier alpha value is -1.95. The van der Waals surface area contributed by atoms with Crippen molar-refractivity contribution in [3.05, 3.63) is 29.6 Å². The third kappa shape index (κ3) is 5.51. The second-order valence-electron chi connectivity index (χ2n) is 5.00. The molecule has 116 valence electrons. The van der Waals surface area contributed by atoms with Gasteiger partial charge in [-0.1, -0.05) is 19.9 Å². The van der Waals surface area contributed by atoms with E-state index < -0.39 is 5.97 Å². The molecule has 6 nitrogen and oxygen atoms in total. The second kappa shape index (κ2) is 8.36. The maximum absolute atomic E-state index is 11.9. The summed E-state index contributed by atoms with van der Waals surface area (Å²) in [5, 5.41) is 11.6. The van der Waals surface area contributed by atoms with Crippen LogP contribution in [0, 0.1) is 5.92 Å². The van der Waals surface area contributed by atoms with Crippen molar-refractivity contribution in [1.82, 2.24) is 10.3 Å². The molecule has 0 radical (unpaired) electrons. The van der Waals surface area contributed by atoms with Gasteiger partial charge in [-0.2, -0.15) is 0 Å². The van der Waals surface area contributed by atoms with Crippen molar-refractivity contribution in [2.24, 2.45) is 5.92 Å². The zero-order valence-corrected chi connectivity index (χ0v) is 12.6. The van der Waals surface area contributed by atoms with Crippen molar-refractivity contribution < 1.29 is 19.4 Å². The Labute approximate surface area is 124 Å². The minimum absolute atomic E-state index is 0.0913. The smallest absolute Gasteiger partial charge is 0.354 e. The zero-order valence-electron chi connectivity index (χ0n) is 12.6. The van der Waals surface area contributed by atoms with Crippen LogP contribution in [0.5, 0.6) is 0 Å². The lowest BCUT2D eigenvalue weighted by molar-refractivity contribution is 0.0251. The molecule has 0 aliphatic rings. The summed E-state index contributed by atoms with van der Waals surface area (Å²) in [6.45, 7) is 7.18. The Kier molecular flexibility index (Phi) is 6.81. The van der Waals surface area contributed by atoms with Gasteiger partial charge in [-0.15, -0.1) is 0 Å². The van der Waals surface area contributed by atoms with Crippen LogP contribution in [0.15, 0.2) is 18.2 Å². The summed E-state index contributed by atoms with van der Waals surface area (Å²) in [6.07, 6.45) is 0.796. The summed E-state index contributed by atoms with van der Waals surface area (Å²) >= 11 is 0. The van der Waals surface area contributed by atoms with Crippen LogP contribution in [0.4, 0.5) is 0 Å². The molecule has 1 amide bonds. The summed E-state index contributed by atoms with van der Waals surface area (Å²) in [5.74, 6) is -1.16. The predicted molar refractivity (Wildman–Crippen MR) is 78.4 cm³/mol. The van der Waals surface area contributed by atoms with E-state index in [1.54, 1.807) is 0 Å². The van der Waals surface area contributed by atoms with Gasteiger partial charge in [-0.3, -0.25) is 4.79 Å². The molecule has 0 saturated carbocycles. The van der Waals surface area contributed by atoms with Gasteiger partial charge in [0.1, 0.15) is 11.4 Å². The summed E-state index contributed by atoms with van der Waals surface area (Å²) in [5.41, 5.74) is -0.0376. The van der Waals surface area contributed by atoms with Crippen LogP contribution in [0.25, 0.3) is 0 Å². The first-order valence-electron chi connectivity index (χ1n) is 7.05. The highest BCUT2D eigenvalue weighted by Crippen LogP contribution is 2.10. The van der Waals surface area contributed by atoms with Crippen molar-refractivity contribution in [2.75, 3.05) is 13.2 Å². The molecule has 2 N–H and O–H groups in total. The number of nitrogens with one attached hydrogen (secondary N) is 1. The number of amides is 1. The van der Waals surface area contributed by atoms with E-state index in [-0.39, 0.29) is 23.4 Å².